The molecule has 19 heavy (non-hydrogen) atoms. The van der Waals surface area contributed by atoms with Gasteiger partial charge < -0.3 is 10.1 Å². The summed E-state index contributed by atoms with van der Waals surface area (Å²) in [5, 5.41) is 4.73. The van der Waals surface area contributed by atoms with Crippen LogP contribution in [0.2, 0.25) is 0 Å². The molecule has 108 valence electrons. The quantitative estimate of drug-likeness (QED) is 0.845. The van der Waals surface area contributed by atoms with Crippen LogP contribution in [0.15, 0.2) is 4.99 Å². The van der Waals surface area contributed by atoms with Crippen molar-refractivity contribution in [2.45, 2.75) is 44.9 Å². The van der Waals surface area contributed by atoms with Crippen LogP contribution in [0.5, 0.6) is 0 Å². The fraction of sp³-hybridized carbons (Fsp3) is 0.933. The summed E-state index contributed by atoms with van der Waals surface area (Å²) in [7, 11) is 0. The molecule has 1 spiro atoms. The molecule has 2 aliphatic heterocycles. The molecule has 1 saturated carbocycles. The van der Waals surface area contributed by atoms with Crippen molar-refractivity contribution in [3.8, 4) is 0 Å². The molecule has 0 bridgehead atoms. The molecule has 0 aromatic rings. The number of nitrogens with zero attached hydrogens (tertiary/aromatic N) is 1. The van der Waals surface area contributed by atoms with Gasteiger partial charge in [0.05, 0.1) is 6.61 Å². The van der Waals surface area contributed by atoms with Gasteiger partial charge in [0.2, 0.25) is 0 Å². The second kappa shape index (κ2) is 6.49. The third-order valence-corrected chi connectivity index (χ3v) is 6.09. The molecule has 0 amide bonds. The molecular weight excluding hydrogens is 256 g/mol. The van der Waals surface area contributed by atoms with Crippen LogP contribution in [-0.2, 0) is 4.74 Å². The van der Waals surface area contributed by atoms with Crippen molar-refractivity contribution in [2.24, 2.45) is 16.3 Å². The number of amidine groups is 1. The number of nitrogens with one attached hydrogen (secondary N) is 1. The first-order valence-corrected chi connectivity index (χ1v) is 8.84. The predicted molar refractivity (Wildman–Crippen MR) is 81.8 cm³/mol. The van der Waals surface area contributed by atoms with Crippen molar-refractivity contribution in [3.63, 3.8) is 0 Å². The summed E-state index contributed by atoms with van der Waals surface area (Å²) in [4.78, 5) is 4.82. The Morgan fingerprint density at radius 3 is 2.84 bits per heavy atom. The van der Waals surface area contributed by atoms with E-state index in [0.717, 1.165) is 26.3 Å². The summed E-state index contributed by atoms with van der Waals surface area (Å²) in [5.41, 5.74) is 0.544. The third-order valence-electron chi connectivity index (χ3n) is 4.78. The highest BCUT2D eigenvalue weighted by Gasteiger charge is 2.34. The summed E-state index contributed by atoms with van der Waals surface area (Å²) in [5.74, 6) is 1.96. The molecule has 0 aromatic carbocycles. The fourth-order valence-corrected chi connectivity index (χ4v) is 4.63. The SMILES string of the molecule is C1CCC2(CC1)CN=C(NCC1CCCOC1)SC2. The zero-order chi connectivity index (χ0) is 13.0. The van der Waals surface area contributed by atoms with E-state index in [1.54, 1.807) is 0 Å². The summed E-state index contributed by atoms with van der Waals surface area (Å²) in [6.45, 7) is 3.98. The lowest BCUT2D eigenvalue weighted by atomic mass is 9.75. The smallest absolute Gasteiger partial charge is 0.156 e. The minimum atomic E-state index is 0.544. The van der Waals surface area contributed by atoms with Gasteiger partial charge in [-0.1, -0.05) is 31.0 Å². The summed E-state index contributed by atoms with van der Waals surface area (Å²) < 4.78 is 5.53. The van der Waals surface area contributed by atoms with Gasteiger partial charge in [0, 0.05) is 25.4 Å². The standard InChI is InChI=1S/C15H26N2OS/c1-2-6-15(7-3-1)11-17-14(19-12-15)16-9-13-5-4-8-18-10-13/h13H,1-12H2,(H,16,17). The summed E-state index contributed by atoms with van der Waals surface area (Å²) in [6, 6.07) is 0. The van der Waals surface area contributed by atoms with E-state index in [0.29, 0.717) is 11.3 Å². The number of aliphatic imine (C=N–C) groups is 1. The molecule has 1 saturated heterocycles. The lowest BCUT2D eigenvalue weighted by Crippen LogP contribution is -2.39. The minimum absolute atomic E-state index is 0.544. The number of hydrogen-bond acceptors (Lipinski definition) is 4. The Morgan fingerprint density at radius 2 is 2.16 bits per heavy atom. The molecule has 1 unspecified atom stereocenters. The van der Waals surface area contributed by atoms with Crippen LogP contribution < -0.4 is 5.32 Å². The topological polar surface area (TPSA) is 33.6 Å². The van der Waals surface area contributed by atoms with Crippen LogP contribution in [0.4, 0.5) is 0 Å². The van der Waals surface area contributed by atoms with E-state index in [-0.39, 0.29) is 0 Å². The normalized spacial score (nSPS) is 30.9. The zero-order valence-corrected chi connectivity index (χ0v) is 12.6. The predicted octanol–water partition coefficient (Wildman–Crippen LogP) is 3.06. The Labute approximate surface area is 121 Å². The molecule has 3 rings (SSSR count). The Balaban J connectivity index is 1.45. The maximum absolute atomic E-state index is 5.53. The van der Waals surface area contributed by atoms with Gasteiger partial charge in [0.15, 0.2) is 5.17 Å². The third kappa shape index (κ3) is 3.66. The van der Waals surface area contributed by atoms with E-state index >= 15 is 0 Å². The fourth-order valence-electron chi connectivity index (χ4n) is 3.46. The van der Waals surface area contributed by atoms with E-state index in [9.17, 15) is 0 Å². The van der Waals surface area contributed by atoms with Crippen molar-refractivity contribution in [3.05, 3.63) is 0 Å². The molecule has 2 fully saturated rings. The van der Waals surface area contributed by atoms with Crippen LogP contribution in [0.3, 0.4) is 0 Å². The van der Waals surface area contributed by atoms with E-state index in [1.807, 2.05) is 11.8 Å². The average molecular weight is 282 g/mol. The first-order valence-electron chi connectivity index (χ1n) is 7.85. The second-order valence-electron chi connectivity index (χ2n) is 6.43. The Bertz CT molecular complexity index is 320. The van der Waals surface area contributed by atoms with Gasteiger partial charge in [-0.2, -0.15) is 0 Å². The summed E-state index contributed by atoms with van der Waals surface area (Å²) >= 11 is 1.96. The van der Waals surface area contributed by atoms with E-state index in [4.69, 9.17) is 9.73 Å². The largest absolute Gasteiger partial charge is 0.381 e. The van der Waals surface area contributed by atoms with E-state index in [1.165, 1.54) is 55.9 Å². The van der Waals surface area contributed by atoms with Crippen LogP contribution in [0.25, 0.3) is 0 Å². The monoisotopic (exact) mass is 282 g/mol. The number of thioether (sulfide) groups is 1. The van der Waals surface area contributed by atoms with Crippen LogP contribution in [-0.4, -0.2) is 37.2 Å². The molecule has 0 radical (unpaired) electrons. The zero-order valence-electron chi connectivity index (χ0n) is 11.8. The molecule has 1 aliphatic carbocycles. The van der Waals surface area contributed by atoms with Crippen LogP contribution in [0, 0.1) is 11.3 Å². The van der Waals surface area contributed by atoms with Gasteiger partial charge in [-0.15, -0.1) is 0 Å². The van der Waals surface area contributed by atoms with E-state index in [2.05, 4.69) is 5.32 Å². The molecular formula is C15H26N2OS. The number of ether oxygens (including phenoxy) is 1. The molecule has 3 aliphatic rings. The van der Waals surface area contributed by atoms with Crippen molar-refractivity contribution < 1.29 is 4.74 Å². The second-order valence-corrected chi connectivity index (χ2v) is 7.40. The minimum Gasteiger partial charge on any atom is -0.381 e. The van der Waals surface area contributed by atoms with Crippen LogP contribution >= 0.6 is 11.8 Å². The van der Waals surface area contributed by atoms with Gasteiger partial charge in [-0.3, -0.25) is 4.99 Å². The Hall–Kier alpha value is -0.220. The van der Waals surface area contributed by atoms with E-state index < -0.39 is 0 Å². The molecule has 3 nitrogen and oxygen atoms in total. The molecule has 0 aromatic heterocycles. The molecule has 4 heteroatoms. The Morgan fingerprint density at radius 1 is 1.26 bits per heavy atom. The highest BCUT2D eigenvalue weighted by molar-refractivity contribution is 8.13. The molecule has 1 N–H and O–H groups in total. The highest BCUT2D eigenvalue weighted by Crippen LogP contribution is 2.41. The van der Waals surface area contributed by atoms with Crippen LogP contribution in [0.1, 0.15) is 44.9 Å². The van der Waals surface area contributed by atoms with Crippen molar-refractivity contribution >= 4 is 16.9 Å². The average Bonchev–Trinajstić information content (AvgIpc) is 2.49. The maximum Gasteiger partial charge on any atom is 0.156 e. The van der Waals surface area contributed by atoms with Crippen molar-refractivity contribution in [1.29, 1.82) is 0 Å². The number of rotatable bonds is 2. The van der Waals surface area contributed by atoms with Gasteiger partial charge in [0.25, 0.3) is 0 Å². The van der Waals surface area contributed by atoms with Gasteiger partial charge in [0.1, 0.15) is 0 Å². The van der Waals surface area contributed by atoms with Gasteiger partial charge >= 0.3 is 0 Å². The van der Waals surface area contributed by atoms with Crippen molar-refractivity contribution in [1.82, 2.24) is 5.32 Å². The molecule has 1 atom stereocenters. The lowest BCUT2D eigenvalue weighted by molar-refractivity contribution is 0.0565. The van der Waals surface area contributed by atoms with Crippen molar-refractivity contribution in [2.75, 3.05) is 32.1 Å². The first-order chi connectivity index (χ1) is 9.36. The maximum atomic E-state index is 5.53. The highest BCUT2D eigenvalue weighted by atomic mass is 32.2. The van der Waals surface area contributed by atoms with Gasteiger partial charge in [-0.05, 0) is 37.0 Å². The molecule has 2 heterocycles. The van der Waals surface area contributed by atoms with Gasteiger partial charge in [-0.25, -0.2) is 0 Å². The lowest BCUT2D eigenvalue weighted by Gasteiger charge is -2.38. The number of hydrogen-bond donors (Lipinski definition) is 1. The Kier molecular flexibility index (Phi) is 4.69. The first kappa shape index (κ1) is 13.7. The summed E-state index contributed by atoms with van der Waals surface area (Å²) in [6.07, 6.45) is 9.57.